The predicted molar refractivity (Wildman–Crippen MR) is 67.8 cm³/mol. The number of hydrogen-bond acceptors (Lipinski definition) is 2. The molecule has 2 rings (SSSR count). The molecule has 0 aliphatic carbocycles. The minimum atomic E-state index is -0.466. The van der Waals surface area contributed by atoms with E-state index in [4.69, 9.17) is 16.0 Å². The highest BCUT2D eigenvalue weighted by Gasteiger charge is 2.25. The van der Waals surface area contributed by atoms with Gasteiger partial charge in [0, 0.05) is 18.7 Å². The summed E-state index contributed by atoms with van der Waals surface area (Å²) < 4.78 is 5.40. The Kier molecular flexibility index (Phi) is 3.57. The maximum atomic E-state index is 11.9. The highest BCUT2D eigenvalue weighted by molar-refractivity contribution is 6.30. The molecule has 0 fully saturated rings. The molecule has 0 N–H and O–H groups in total. The molecule has 1 aliphatic heterocycles. The van der Waals surface area contributed by atoms with Crippen molar-refractivity contribution in [3.05, 3.63) is 29.7 Å². The first kappa shape index (κ1) is 12.2. The van der Waals surface area contributed by atoms with Crippen molar-refractivity contribution in [1.82, 2.24) is 4.90 Å². The highest BCUT2D eigenvalue weighted by Crippen LogP contribution is 2.27. The van der Waals surface area contributed by atoms with Gasteiger partial charge < -0.3 is 9.32 Å². The zero-order valence-electron chi connectivity index (χ0n) is 10.1. The van der Waals surface area contributed by atoms with E-state index in [1.165, 1.54) is 5.57 Å². The first-order valence-corrected chi connectivity index (χ1v) is 6.18. The molecule has 0 saturated carbocycles. The Morgan fingerprint density at radius 2 is 2.35 bits per heavy atom. The summed E-state index contributed by atoms with van der Waals surface area (Å²) in [7, 11) is 0. The molecule has 0 spiro atoms. The maximum Gasteiger partial charge on any atom is 0.240 e. The van der Waals surface area contributed by atoms with Gasteiger partial charge in [0.25, 0.3) is 0 Å². The molecule has 1 aromatic heterocycles. The maximum absolute atomic E-state index is 11.9. The van der Waals surface area contributed by atoms with Crippen molar-refractivity contribution in [1.29, 1.82) is 0 Å². The summed E-state index contributed by atoms with van der Waals surface area (Å²) in [4.78, 5) is 13.7. The van der Waals surface area contributed by atoms with Gasteiger partial charge in [-0.25, -0.2) is 0 Å². The van der Waals surface area contributed by atoms with Gasteiger partial charge in [0.05, 0.1) is 6.26 Å². The van der Waals surface area contributed by atoms with Crippen LogP contribution in [0.4, 0.5) is 0 Å². The summed E-state index contributed by atoms with van der Waals surface area (Å²) in [5.41, 5.74) is 2.39. The van der Waals surface area contributed by atoms with Crippen molar-refractivity contribution >= 4 is 23.1 Å². The molecular weight excluding hydrogens is 238 g/mol. The van der Waals surface area contributed by atoms with Crippen molar-refractivity contribution < 1.29 is 9.21 Å². The predicted octanol–water partition coefficient (Wildman–Crippen LogP) is 2.91. The van der Waals surface area contributed by atoms with Gasteiger partial charge in [0.15, 0.2) is 0 Å². The average Bonchev–Trinajstić information content (AvgIpc) is 2.82. The number of carbonyl (C=O) groups excluding carboxylic acids is 1. The molecule has 2 heterocycles. The van der Waals surface area contributed by atoms with Crippen LogP contribution >= 0.6 is 11.6 Å². The quantitative estimate of drug-likeness (QED) is 0.760. The van der Waals surface area contributed by atoms with E-state index < -0.39 is 5.38 Å². The largest absolute Gasteiger partial charge is 0.465 e. The van der Waals surface area contributed by atoms with Crippen molar-refractivity contribution in [3.63, 3.8) is 0 Å². The van der Waals surface area contributed by atoms with Crippen molar-refractivity contribution in [3.8, 4) is 0 Å². The number of halogens is 1. The number of furan rings is 1. The zero-order chi connectivity index (χ0) is 12.4. The van der Waals surface area contributed by atoms with E-state index in [1.807, 2.05) is 12.1 Å². The van der Waals surface area contributed by atoms with Crippen molar-refractivity contribution in [2.24, 2.45) is 0 Å². The summed E-state index contributed by atoms with van der Waals surface area (Å²) in [5.74, 6) is 0.838. The van der Waals surface area contributed by atoms with Crippen LogP contribution in [0.25, 0.3) is 5.57 Å². The second-order valence-electron chi connectivity index (χ2n) is 4.36. The molecular formula is C13H16ClNO2. The molecule has 1 amide bonds. The van der Waals surface area contributed by atoms with Crippen LogP contribution in [0.15, 0.2) is 28.4 Å². The molecule has 0 saturated heterocycles. The minimum absolute atomic E-state index is 0.0109. The summed E-state index contributed by atoms with van der Waals surface area (Å²) in [6, 6.07) is 3.79. The SMILES string of the molecule is CC1=C(c2ccco2)CN(C(=O)C(C)Cl)CC1. The van der Waals surface area contributed by atoms with Gasteiger partial charge in [-0.3, -0.25) is 4.79 Å². The van der Waals surface area contributed by atoms with Crippen LogP contribution in [0, 0.1) is 0 Å². The van der Waals surface area contributed by atoms with Crippen LogP contribution in [0.3, 0.4) is 0 Å². The molecule has 1 aliphatic rings. The van der Waals surface area contributed by atoms with Gasteiger partial charge in [-0.15, -0.1) is 11.6 Å². The van der Waals surface area contributed by atoms with E-state index in [2.05, 4.69) is 6.92 Å². The third-order valence-electron chi connectivity index (χ3n) is 3.09. The van der Waals surface area contributed by atoms with Gasteiger partial charge >= 0.3 is 0 Å². The summed E-state index contributed by atoms with van der Waals surface area (Å²) in [5, 5.41) is -0.466. The average molecular weight is 254 g/mol. The summed E-state index contributed by atoms with van der Waals surface area (Å²) in [6.07, 6.45) is 2.53. The first-order valence-electron chi connectivity index (χ1n) is 5.75. The first-order chi connectivity index (χ1) is 8.09. The summed E-state index contributed by atoms with van der Waals surface area (Å²) >= 11 is 5.84. The second-order valence-corrected chi connectivity index (χ2v) is 5.02. The number of alkyl halides is 1. The van der Waals surface area contributed by atoms with Crippen LogP contribution in [0.2, 0.25) is 0 Å². The Balaban J connectivity index is 2.19. The van der Waals surface area contributed by atoms with Gasteiger partial charge in [-0.1, -0.05) is 5.57 Å². The molecule has 92 valence electrons. The molecule has 0 bridgehead atoms. The normalized spacial score (nSPS) is 18.4. The molecule has 0 radical (unpaired) electrons. The van der Waals surface area contributed by atoms with E-state index in [-0.39, 0.29) is 5.91 Å². The van der Waals surface area contributed by atoms with Gasteiger partial charge in [0.1, 0.15) is 11.1 Å². The lowest BCUT2D eigenvalue weighted by Gasteiger charge is -2.30. The Bertz CT molecular complexity index is 434. The van der Waals surface area contributed by atoms with Gasteiger partial charge in [0.2, 0.25) is 5.91 Å². The second kappa shape index (κ2) is 4.96. The molecule has 17 heavy (non-hydrogen) atoms. The zero-order valence-corrected chi connectivity index (χ0v) is 10.8. The molecule has 3 nitrogen and oxygen atoms in total. The lowest BCUT2D eigenvalue weighted by Crippen LogP contribution is -2.39. The van der Waals surface area contributed by atoms with Crippen LogP contribution < -0.4 is 0 Å². The van der Waals surface area contributed by atoms with Crippen LogP contribution in [-0.2, 0) is 4.79 Å². The smallest absolute Gasteiger partial charge is 0.240 e. The van der Waals surface area contributed by atoms with E-state index in [0.29, 0.717) is 6.54 Å². The lowest BCUT2D eigenvalue weighted by atomic mass is 9.99. The fourth-order valence-electron chi connectivity index (χ4n) is 2.04. The topological polar surface area (TPSA) is 33.5 Å². The Labute approximate surface area is 106 Å². The number of rotatable bonds is 2. The molecule has 0 aromatic carbocycles. The molecule has 1 unspecified atom stereocenters. The highest BCUT2D eigenvalue weighted by atomic mass is 35.5. The third-order valence-corrected chi connectivity index (χ3v) is 3.28. The van der Waals surface area contributed by atoms with Crippen LogP contribution in [0.5, 0.6) is 0 Å². The molecule has 1 aromatic rings. The molecule has 1 atom stereocenters. The van der Waals surface area contributed by atoms with Crippen LogP contribution in [0.1, 0.15) is 26.0 Å². The lowest BCUT2D eigenvalue weighted by molar-refractivity contribution is -0.130. The standard InChI is InChI=1S/C13H16ClNO2/c1-9-5-6-15(13(16)10(2)14)8-11(9)12-4-3-7-17-12/h3-4,7,10H,5-6,8H2,1-2H3. The van der Waals surface area contributed by atoms with Crippen LogP contribution in [-0.4, -0.2) is 29.3 Å². The van der Waals surface area contributed by atoms with Crippen molar-refractivity contribution in [2.75, 3.05) is 13.1 Å². The Morgan fingerprint density at radius 3 is 2.94 bits per heavy atom. The fraction of sp³-hybridized carbons (Fsp3) is 0.462. The molecule has 4 heteroatoms. The van der Waals surface area contributed by atoms with Gasteiger partial charge in [-0.2, -0.15) is 0 Å². The number of amides is 1. The van der Waals surface area contributed by atoms with E-state index in [0.717, 1.165) is 24.3 Å². The van der Waals surface area contributed by atoms with E-state index >= 15 is 0 Å². The Hall–Kier alpha value is -1.22. The fourth-order valence-corrected chi connectivity index (χ4v) is 2.17. The van der Waals surface area contributed by atoms with Gasteiger partial charge in [-0.05, 0) is 32.4 Å². The van der Waals surface area contributed by atoms with E-state index in [1.54, 1.807) is 18.1 Å². The number of nitrogens with zero attached hydrogens (tertiary/aromatic N) is 1. The van der Waals surface area contributed by atoms with Crippen molar-refractivity contribution in [2.45, 2.75) is 25.6 Å². The Morgan fingerprint density at radius 1 is 1.59 bits per heavy atom. The summed E-state index contributed by atoms with van der Waals surface area (Å²) in [6.45, 7) is 5.13. The number of carbonyl (C=O) groups is 1. The number of hydrogen-bond donors (Lipinski definition) is 0. The monoisotopic (exact) mass is 253 g/mol. The third kappa shape index (κ3) is 2.55. The minimum Gasteiger partial charge on any atom is -0.465 e. The van der Waals surface area contributed by atoms with E-state index in [9.17, 15) is 4.79 Å².